The number of hydrogen-bond acceptors (Lipinski definition) is 3. The first-order valence-electron chi connectivity index (χ1n) is 5.14. The van der Waals surface area contributed by atoms with E-state index in [1.807, 2.05) is 6.92 Å². The SMILES string of the molecule is CCCC(N)c1cn(CCC(F)(F)F)nn1. The van der Waals surface area contributed by atoms with Gasteiger partial charge in [-0.25, -0.2) is 0 Å². The van der Waals surface area contributed by atoms with Crippen molar-refractivity contribution in [2.75, 3.05) is 0 Å². The van der Waals surface area contributed by atoms with E-state index in [1.54, 1.807) is 0 Å². The van der Waals surface area contributed by atoms with E-state index in [0.29, 0.717) is 5.69 Å². The summed E-state index contributed by atoms with van der Waals surface area (Å²) < 4.78 is 37.0. The van der Waals surface area contributed by atoms with Crippen molar-refractivity contribution >= 4 is 0 Å². The van der Waals surface area contributed by atoms with Gasteiger partial charge in [-0.3, -0.25) is 4.68 Å². The minimum absolute atomic E-state index is 0.213. The van der Waals surface area contributed by atoms with Crippen LogP contribution in [0.25, 0.3) is 0 Å². The Bertz CT molecular complexity index is 321. The summed E-state index contributed by atoms with van der Waals surface area (Å²) in [5.74, 6) is 0. The van der Waals surface area contributed by atoms with E-state index in [9.17, 15) is 13.2 Å². The van der Waals surface area contributed by atoms with E-state index in [2.05, 4.69) is 10.3 Å². The summed E-state index contributed by atoms with van der Waals surface area (Å²) in [6.07, 6.45) is -1.95. The predicted molar refractivity (Wildman–Crippen MR) is 52.5 cm³/mol. The second kappa shape index (κ2) is 5.29. The van der Waals surface area contributed by atoms with Gasteiger partial charge < -0.3 is 5.73 Å². The van der Waals surface area contributed by atoms with Gasteiger partial charge in [-0.15, -0.1) is 5.10 Å². The number of rotatable bonds is 5. The molecule has 0 aliphatic rings. The maximum absolute atomic E-state index is 11.9. The van der Waals surface area contributed by atoms with Crippen LogP contribution in [0.2, 0.25) is 0 Å². The van der Waals surface area contributed by atoms with Gasteiger partial charge in [0.2, 0.25) is 0 Å². The van der Waals surface area contributed by atoms with Crippen molar-refractivity contribution < 1.29 is 13.2 Å². The molecule has 0 saturated carbocycles. The first kappa shape index (κ1) is 13.0. The Morgan fingerprint density at radius 1 is 1.50 bits per heavy atom. The Morgan fingerprint density at radius 2 is 2.19 bits per heavy atom. The molecule has 4 nitrogen and oxygen atoms in total. The van der Waals surface area contributed by atoms with Crippen LogP contribution in [-0.2, 0) is 6.54 Å². The van der Waals surface area contributed by atoms with Crippen LogP contribution in [-0.4, -0.2) is 21.2 Å². The fraction of sp³-hybridized carbons (Fsp3) is 0.778. The molecule has 0 bridgehead atoms. The zero-order valence-corrected chi connectivity index (χ0v) is 9.04. The highest BCUT2D eigenvalue weighted by atomic mass is 19.4. The third-order valence-electron chi connectivity index (χ3n) is 2.16. The van der Waals surface area contributed by atoms with E-state index in [1.165, 1.54) is 10.9 Å². The number of hydrogen-bond donors (Lipinski definition) is 1. The van der Waals surface area contributed by atoms with Crippen molar-refractivity contribution in [1.82, 2.24) is 15.0 Å². The van der Waals surface area contributed by atoms with Crippen molar-refractivity contribution in [1.29, 1.82) is 0 Å². The highest BCUT2D eigenvalue weighted by molar-refractivity contribution is 4.99. The van der Waals surface area contributed by atoms with Gasteiger partial charge in [0.05, 0.1) is 30.9 Å². The van der Waals surface area contributed by atoms with Gasteiger partial charge in [0.25, 0.3) is 0 Å². The lowest BCUT2D eigenvalue weighted by molar-refractivity contribution is -0.137. The van der Waals surface area contributed by atoms with E-state index < -0.39 is 12.6 Å². The van der Waals surface area contributed by atoms with Gasteiger partial charge in [0.1, 0.15) is 0 Å². The molecule has 0 saturated heterocycles. The van der Waals surface area contributed by atoms with Crippen molar-refractivity contribution in [3.63, 3.8) is 0 Å². The average Bonchev–Trinajstić information content (AvgIpc) is 2.62. The lowest BCUT2D eigenvalue weighted by atomic mass is 10.1. The highest BCUT2D eigenvalue weighted by Crippen LogP contribution is 2.20. The van der Waals surface area contributed by atoms with Gasteiger partial charge in [-0.2, -0.15) is 13.2 Å². The molecule has 0 spiro atoms. The monoisotopic (exact) mass is 236 g/mol. The highest BCUT2D eigenvalue weighted by Gasteiger charge is 2.27. The largest absolute Gasteiger partial charge is 0.390 e. The van der Waals surface area contributed by atoms with E-state index in [0.717, 1.165) is 12.8 Å². The molecule has 92 valence electrons. The summed E-state index contributed by atoms with van der Waals surface area (Å²) in [6.45, 7) is 1.77. The molecule has 0 fully saturated rings. The third-order valence-corrected chi connectivity index (χ3v) is 2.16. The molecule has 0 amide bonds. The summed E-state index contributed by atoms with van der Waals surface area (Å²) in [6, 6.07) is -0.246. The summed E-state index contributed by atoms with van der Waals surface area (Å²) in [4.78, 5) is 0. The first-order valence-corrected chi connectivity index (χ1v) is 5.14. The number of halogens is 3. The maximum Gasteiger partial charge on any atom is 0.390 e. The summed E-state index contributed by atoms with van der Waals surface area (Å²) in [7, 11) is 0. The number of aromatic nitrogens is 3. The number of alkyl halides is 3. The summed E-state index contributed by atoms with van der Waals surface area (Å²) in [5, 5.41) is 7.37. The molecular formula is C9H15F3N4. The van der Waals surface area contributed by atoms with Crippen molar-refractivity contribution in [3.8, 4) is 0 Å². The summed E-state index contributed by atoms with van der Waals surface area (Å²) >= 11 is 0. The van der Waals surface area contributed by atoms with Crippen LogP contribution in [0.1, 0.15) is 37.9 Å². The number of nitrogens with zero attached hydrogens (tertiary/aromatic N) is 3. The number of nitrogens with two attached hydrogens (primary N) is 1. The quantitative estimate of drug-likeness (QED) is 0.851. The molecule has 0 aliphatic carbocycles. The summed E-state index contributed by atoms with van der Waals surface area (Å²) in [5.41, 5.74) is 6.31. The topological polar surface area (TPSA) is 56.7 Å². The van der Waals surface area contributed by atoms with Crippen molar-refractivity contribution in [2.24, 2.45) is 5.73 Å². The second-order valence-corrected chi connectivity index (χ2v) is 3.67. The molecule has 1 aromatic rings. The minimum Gasteiger partial charge on any atom is -0.323 e. The molecule has 0 radical (unpaired) electrons. The van der Waals surface area contributed by atoms with Crippen LogP contribution in [0.3, 0.4) is 0 Å². The van der Waals surface area contributed by atoms with E-state index >= 15 is 0 Å². The zero-order valence-electron chi connectivity index (χ0n) is 9.04. The Balaban J connectivity index is 2.51. The molecule has 7 heteroatoms. The van der Waals surface area contributed by atoms with E-state index in [4.69, 9.17) is 5.73 Å². The predicted octanol–water partition coefficient (Wildman–Crippen LogP) is 2.03. The normalized spacial score (nSPS) is 14.1. The van der Waals surface area contributed by atoms with Gasteiger partial charge in [-0.05, 0) is 6.42 Å². The van der Waals surface area contributed by atoms with Crippen LogP contribution in [0.5, 0.6) is 0 Å². The molecule has 1 atom stereocenters. The molecule has 1 unspecified atom stereocenters. The molecule has 2 N–H and O–H groups in total. The van der Waals surface area contributed by atoms with Crippen LogP contribution in [0, 0.1) is 0 Å². The van der Waals surface area contributed by atoms with Crippen molar-refractivity contribution in [2.45, 2.75) is 44.9 Å². The fourth-order valence-electron chi connectivity index (χ4n) is 1.29. The fourth-order valence-corrected chi connectivity index (χ4v) is 1.29. The van der Waals surface area contributed by atoms with Crippen LogP contribution < -0.4 is 5.73 Å². The standard InChI is InChI=1S/C9H15F3N4/c1-2-3-7(13)8-6-16(15-14-8)5-4-9(10,11)12/h6-7H,2-5,13H2,1H3. The second-order valence-electron chi connectivity index (χ2n) is 3.67. The third kappa shape index (κ3) is 4.18. The Morgan fingerprint density at radius 3 is 2.75 bits per heavy atom. The van der Waals surface area contributed by atoms with Crippen LogP contribution in [0.4, 0.5) is 13.2 Å². The average molecular weight is 236 g/mol. The van der Waals surface area contributed by atoms with Gasteiger partial charge in [0.15, 0.2) is 0 Å². The molecule has 1 rings (SSSR count). The van der Waals surface area contributed by atoms with Gasteiger partial charge >= 0.3 is 6.18 Å². The lowest BCUT2D eigenvalue weighted by Crippen LogP contribution is -2.12. The lowest BCUT2D eigenvalue weighted by Gasteiger charge is -2.05. The molecule has 0 aromatic carbocycles. The smallest absolute Gasteiger partial charge is 0.323 e. The maximum atomic E-state index is 11.9. The first-order chi connectivity index (χ1) is 7.42. The zero-order chi connectivity index (χ0) is 12.2. The van der Waals surface area contributed by atoms with Crippen LogP contribution in [0.15, 0.2) is 6.20 Å². The minimum atomic E-state index is -4.17. The van der Waals surface area contributed by atoms with Gasteiger partial charge in [-0.1, -0.05) is 18.6 Å². The van der Waals surface area contributed by atoms with Crippen LogP contribution >= 0.6 is 0 Å². The van der Waals surface area contributed by atoms with Crippen molar-refractivity contribution in [3.05, 3.63) is 11.9 Å². The number of aryl methyl sites for hydroxylation is 1. The Labute approximate surface area is 91.6 Å². The molecule has 16 heavy (non-hydrogen) atoms. The Kier molecular flexibility index (Phi) is 4.28. The molecule has 1 aromatic heterocycles. The Hall–Kier alpha value is -1.11. The molecule has 1 heterocycles. The van der Waals surface area contributed by atoms with E-state index in [-0.39, 0.29) is 12.6 Å². The van der Waals surface area contributed by atoms with Gasteiger partial charge in [0, 0.05) is 0 Å². The molecule has 0 aliphatic heterocycles. The molecular weight excluding hydrogens is 221 g/mol.